The summed E-state index contributed by atoms with van der Waals surface area (Å²) in [5.41, 5.74) is 1.87. The van der Waals surface area contributed by atoms with Crippen LogP contribution in [-0.4, -0.2) is 26.4 Å². The molecule has 0 saturated carbocycles. The number of thioether (sulfide) groups is 1. The number of nitrogens with zero attached hydrogens (tertiary/aromatic N) is 3. The molecule has 0 unspecified atom stereocenters. The molecule has 1 aromatic heterocycles. The number of allylic oxidation sites excluding steroid dienone is 1. The van der Waals surface area contributed by atoms with Gasteiger partial charge in [0.15, 0.2) is 22.5 Å². The first-order valence-electron chi connectivity index (χ1n) is 8.96. The van der Waals surface area contributed by atoms with Gasteiger partial charge in [-0.1, -0.05) is 47.7 Å². The van der Waals surface area contributed by atoms with Crippen LogP contribution in [0.3, 0.4) is 0 Å². The summed E-state index contributed by atoms with van der Waals surface area (Å²) in [5.74, 6) is 0.264. The van der Waals surface area contributed by atoms with Gasteiger partial charge < -0.3 is 10.1 Å². The van der Waals surface area contributed by atoms with Crippen LogP contribution in [0, 0.1) is 12.7 Å². The molecule has 0 aliphatic rings. The Hall–Kier alpha value is -3.13. The molecule has 1 N–H and O–H groups in total. The summed E-state index contributed by atoms with van der Waals surface area (Å²) in [6, 6.07) is 13.8. The van der Waals surface area contributed by atoms with Crippen molar-refractivity contribution in [3.63, 3.8) is 0 Å². The fourth-order valence-corrected chi connectivity index (χ4v) is 3.28. The number of rotatable bonds is 9. The molecule has 1 amide bonds. The Morgan fingerprint density at radius 1 is 1.24 bits per heavy atom. The maximum absolute atomic E-state index is 13.7. The van der Waals surface area contributed by atoms with E-state index in [2.05, 4.69) is 22.1 Å². The summed E-state index contributed by atoms with van der Waals surface area (Å²) in [5, 5.41) is 11.7. The van der Waals surface area contributed by atoms with Gasteiger partial charge in [0.2, 0.25) is 5.91 Å². The number of hydrogen-bond donors (Lipinski definition) is 1. The molecule has 2 aromatic carbocycles. The number of aromatic nitrogens is 3. The molecule has 0 saturated heterocycles. The van der Waals surface area contributed by atoms with Crippen LogP contribution in [-0.2, 0) is 17.9 Å². The van der Waals surface area contributed by atoms with E-state index in [1.54, 1.807) is 28.8 Å². The number of halogens is 1. The molecule has 8 heteroatoms. The normalized spacial score (nSPS) is 10.6. The first kappa shape index (κ1) is 20.6. The van der Waals surface area contributed by atoms with Crippen LogP contribution < -0.4 is 10.1 Å². The van der Waals surface area contributed by atoms with Crippen LogP contribution in [0.4, 0.5) is 10.1 Å². The molecule has 0 fully saturated rings. The number of amides is 1. The summed E-state index contributed by atoms with van der Waals surface area (Å²) in [7, 11) is 0. The summed E-state index contributed by atoms with van der Waals surface area (Å²) in [4.78, 5) is 12.2. The zero-order valence-electron chi connectivity index (χ0n) is 16.0. The Bertz CT molecular complexity index is 989. The zero-order chi connectivity index (χ0) is 20.6. The lowest BCUT2D eigenvalue weighted by molar-refractivity contribution is -0.113. The third-order valence-electron chi connectivity index (χ3n) is 3.97. The molecule has 150 valence electrons. The van der Waals surface area contributed by atoms with Gasteiger partial charge in [-0.3, -0.25) is 9.36 Å². The number of carbonyl (C=O) groups is 1. The summed E-state index contributed by atoms with van der Waals surface area (Å²) in [6.45, 7) is 6.23. The molecular formula is C21H21FN4O2S. The lowest BCUT2D eigenvalue weighted by Crippen LogP contribution is -2.15. The highest BCUT2D eigenvalue weighted by atomic mass is 32.2. The fourth-order valence-electron chi connectivity index (χ4n) is 2.51. The first-order chi connectivity index (χ1) is 14.1. The van der Waals surface area contributed by atoms with Crippen molar-refractivity contribution in [1.82, 2.24) is 14.8 Å². The Balaban J connectivity index is 1.61. The molecule has 3 aromatic rings. The van der Waals surface area contributed by atoms with E-state index in [0.29, 0.717) is 17.5 Å². The number of para-hydroxylation sites is 1. The molecule has 6 nitrogen and oxygen atoms in total. The van der Waals surface area contributed by atoms with Crippen molar-refractivity contribution in [3.8, 4) is 5.75 Å². The van der Waals surface area contributed by atoms with Gasteiger partial charge >= 0.3 is 0 Å². The van der Waals surface area contributed by atoms with E-state index >= 15 is 0 Å². The van der Waals surface area contributed by atoms with Crippen molar-refractivity contribution in [2.75, 3.05) is 11.1 Å². The third-order valence-corrected chi connectivity index (χ3v) is 4.93. The Labute approximate surface area is 172 Å². The van der Waals surface area contributed by atoms with Gasteiger partial charge in [-0.25, -0.2) is 4.39 Å². The highest BCUT2D eigenvalue weighted by Crippen LogP contribution is 2.21. The molecular weight excluding hydrogens is 391 g/mol. The molecule has 0 spiro atoms. The number of benzene rings is 2. The highest BCUT2D eigenvalue weighted by Gasteiger charge is 2.15. The number of aryl methyl sites for hydroxylation is 1. The van der Waals surface area contributed by atoms with E-state index in [1.807, 2.05) is 31.2 Å². The third kappa shape index (κ3) is 5.68. The van der Waals surface area contributed by atoms with Crippen LogP contribution in [0.25, 0.3) is 0 Å². The standard InChI is InChI=1S/C21H21FN4O2S/c1-3-12-26-19(13-28-18-7-5-4-6-17(18)22)24-25-21(26)29-14-20(27)23-16-10-8-15(2)9-11-16/h3-11H,1,12-14H2,2H3,(H,23,27). The second-order valence-electron chi connectivity index (χ2n) is 6.22. The average Bonchev–Trinajstić information content (AvgIpc) is 3.09. The van der Waals surface area contributed by atoms with E-state index in [0.717, 1.165) is 11.3 Å². The lowest BCUT2D eigenvalue weighted by Gasteiger charge is -2.10. The van der Waals surface area contributed by atoms with E-state index in [-0.39, 0.29) is 24.0 Å². The first-order valence-corrected chi connectivity index (χ1v) is 9.95. The van der Waals surface area contributed by atoms with Gasteiger partial charge in [-0.2, -0.15) is 0 Å². The molecule has 0 radical (unpaired) electrons. The molecule has 0 bridgehead atoms. The topological polar surface area (TPSA) is 69.0 Å². The Morgan fingerprint density at radius 2 is 2.00 bits per heavy atom. The molecule has 0 atom stereocenters. The summed E-state index contributed by atoms with van der Waals surface area (Å²) >= 11 is 1.26. The van der Waals surface area contributed by atoms with Crippen LogP contribution >= 0.6 is 11.8 Å². The summed E-state index contributed by atoms with van der Waals surface area (Å²) < 4.78 is 21.0. The van der Waals surface area contributed by atoms with Crippen molar-refractivity contribution in [2.45, 2.75) is 25.2 Å². The van der Waals surface area contributed by atoms with Crippen molar-refractivity contribution in [2.24, 2.45) is 0 Å². The maximum atomic E-state index is 13.7. The number of hydrogen-bond acceptors (Lipinski definition) is 5. The maximum Gasteiger partial charge on any atom is 0.234 e. The Morgan fingerprint density at radius 3 is 2.72 bits per heavy atom. The minimum atomic E-state index is -0.440. The number of anilines is 1. The quantitative estimate of drug-likeness (QED) is 0.421. The van der Waals surface area contributed by atoms with Crippen LogP contribution in [0.5, 0.6) is 5.75 Å². The van der Waals surface area contributed by atoms with Gasteiger partial charge in [0, 0.05) is 12.2 Å². The van der Waals surface area contributed by atoms with Crippen LogP contribution in [0.1, 0.15) is 11.4 Å². The van der Waals surface area contributed by atoms with Crippen LogP contribution in [0.2, 0.25) is 0 Å². The average molecular weight is 412 g/mol. The SMILES string of the molecule is C=CCn1c(COc2ccccc2F)nnc1SCC(=O)Nc1ccc(C)cc1. The smallest absolute Gasteiger partial charge is 0.234 e. The zero-order valence-corrected chi connectivity index (χ0v) is 16.8. The van der Waals surface area contributed by atoms with Gasteiger partial charge in [0.05, 0.1) is 5.75 Å². The highest BCUT2D eigenvalue weighted by molar-refractivity contribution is 7.99. The largest absolute Gasteiger partial charge is 0.483 e. The van der Waals surface area contributed by atoms with Gasteiger partial charge in [0.25, 0.3) is 0 Å². The van der Waals surface area contributed by atoms with Gasteiger partial charge in [-0.15, -0.1) is 16.8 Å². The summed E-state index contributed by atoms with van der Waals surface area (Å²) in [6.07, 6.45) is 1.70. The number of carbonyl (C=O) groups excluding carboxylic acids is 1. The second kappa shape index (κ2) is 9.88. The lowest BCUT2D eigenvalue weighted by atomic mass is 10.2. The van der Waals surface area contributed by atoms with Crippen LogP contribution in [0.15, 0.2) is 66.3 Å². The molecule has 0 aliphatic carbocycles. The molecule has 29 heavy (non-hydrogen) atoms. The van der Waals surface area contributed by atoms with Crippen molar-refractivity contribution < 1.29 is 13.9 Å². The Kier molecular flexibility index (Phi) is 7.02. The minimum Gasteiger partial charge on any atom is -0.483 e. The second-order valence-corrected chi connectivity index (χ2v) is 7.16. The van der Waals surface area contributed by atoms with Gasteiger partial charge in [-0.05, 0) is 31.2 Å². The predicted molar refractivity (Wildman–Crippen MR) is 111 cm³/mol. The monoisotopic (exact) mass is 412 g/mol. The van der Waals surface area contributed by atoms with E-state index in [4.69, 9.17) is 4.74 Å². The van der Waals surface area contributed by atoms with Crippen molar-refractivity contribution in [1.29, 1.82) is 0 Å². The molecule has 0 aliphatic heterocycles. The minimum absolute atomic E-state index is 0.0535. The van der Waals surface area contributed by atoms with E-state index < -0.39 is 5.82 Å². The fraction of sp³-hybridized carbons (Fsp3) is 0.190. The molecule has 3 rings (SSSR count). The van der Waals surface area contributed by atoms with E-state index in [9.17, 15) is 9.18 Å². The molecule has 1 heterocycles. The number of nitrogens with one attached hydrogen (secondary N) is 1. The van der Waals surface area contributed by atoms with E-state index in [1.165, 1.54) is 17.8 Å². The van der Waals surface area contributed by atoms with Gasteiger partial charge in [0.1, 0.15) is 6.61 Å². The number of ether oxygens (including phenoxy) is 1. The predicted octanol–water partition coefficient (Wildman–Crippen LogP) is 4.22. The van der Waals surface area contributed by atoms with Crippen molar-refractivity contribution >= 4 is 23.4 Å². The van der Waals surface area contributed by atoms with Crippen molar-refractivity contribution in [3.05, 3.63) is 78.4 Å².